The standard InChI is InChI=1S/C25H21F2N3O3/c26-16-7-5-15(6-8-16)24(32)30-21-13-29(25(33)28-18-11-9-17(27)10-12-18)20-4-2-1-3-19(20)23(21)22(30)14-31/h1-12,21-23,31H,13-14H2,(H,28,33)/t21-,22-,23+/m1/s1. The van der Waals surface area contributed by atoms with E-state index < -0.39 is 23.7 Å². The quantitative estimate of drug-likeness (QED) is 0.635. The summed E-state index contributed by atoms with van der Waals surface area (Å²) in [5.74, 6) is -1.31. The highest BCUT2D eigenvalue weighted by Crippen LogP contribution is 2.48. The summed E-state index contributed by atoms with van der Waals surface area (Å²) >= 11 is 0. The lowest BCUT2D eigenvalue weighted by Gasteiger charge is -2.58. The van der Waals surface area contributed by atoms with E-state index in [2.05, 4.69) is 5.32 Å². The normalized spacial score (nSPS) is 21.0. The van der Waals surface area contributed by atoms with Crippen LogP contribution in [0.15, 0.2) is 72.8 Å². The average Bonchev–Trinajstić information content (AvgIpc) is 2.81. The Kier molecular flexibility index (Phi) is 5.30. The first-order valence-corrected chi connectivity index (χ1v) is 10.6. The van der Waals surface area contributed by atoms with Crippen molar-refractivity contribution in [2.45, 2.75) is 18.0 Å². The Bertz CT molecular complexity index is 1200. The Morgan fingerprint density at radius 2 is 1.58 bits per heavy atom. The monoisotopic (exact) mass is 449 g/mol. The minimum Gasteiger partial charge on any atom is -0.394 e. The molecule has 3 aromatic carbocycles. The van der Waals surface area contributed by atoms with E-state index >= 15 is 0 Å². The van der Waals surface area contributed by atoms with Gasteiger partial charge in [-0.1, -0.05) is 18.2 Å². The van der Waals surface area contributed by atoms with Gasteiger partial charge in [0.1, 0.15) is 11.6 Å². The van der Waals surface area contributed by atoms with Crippen molar-refractivity contribution in [3.05, 3.63) is 95.6 Å². The van der Waals surface area contributed by atoms with Crippen LogP contribution in [0.3, 0.4) is 0 Å². The first-order chi connectivity index (χ1) is 16.0. The Balaban J connectivity index is 1.46. The molecular weight excluding hydrogens is 428 g/mol. The van der Waals surface area contributed by atoms with Crippen LogP contribution in [0.5, 0.6) is 0 Å². The summed E-state index contributed by atoms with van der Waals surface area (Å²) in [6, 6.07) is 16.9. The number of aliphatic hydroxyl groups excluding tert-OH is 1. The molecule has 3 aromatic rings. The first kappa shape index (κ1) is 21.1. The molecule has 8 heteroatoms. The zero-order valence-electron chi connectivity index (χ0n) is 17.5. The van der Waals surface area contributed by atoms with Crippen molar-refractivity contribution in [1.82, 2.24) is 4.90 Å². The van der Waals surface area contributed by atoms with Gasteiger partial charge in [0.2, 0.25) is 0 Å². The van der Waals surface area contributed by atoms with Crippen molar-refractivity contribution in [3.8, 4) is 0 Å². The molecule has 0 saturated carbocycles. The van der Waals surface area contributed by atoms with Crippen LogP contribution in [0, 0.1) is 11.6 Å². The van der Waals surface area contributed by atoms with Crippen molar-refractivity contribution in [3.63, 3.8) is 0 Å². The molecule has 3 atom stereocenters. The number of likely N-dealkylation sites (tertiary alicyclic amines) is 1. The number of hydrogen-bond donors (Lipinski definition) is 2. The molecule has 2 heterocycles. The second-order valence-electron chi connectivity index (χ2n) is 8.17. The van der Waals surface area contributed by atoms with E-state index in [4.69, 9.17) is 0 Å². The van der Waals surface area contributed by atoms with Crippen LogP contribution in [0.25, 0.3) is 0 Å². The van der Waals surface area contributed by atoms with Gasteiger partial charge < -0.3 is 15.3 Å². The molecule has 2 aliphatic heterocycles. The van der Waals surface area contributed by atoms with Gasteiger partial charge in [0, 0.05) is 29.4 Å². The minimum atomic E-state index is -0.448. The van der Waals surface area contributed by atoms with Gasteiger partial charge in [0.15, 0.2) is 0 Å². The number of hydrogen-bond acceptors (Lipinski definition) is 3. The molecule has 1 saturated heterocycles. The van der Waals surface area contributed by atoms with Crippen LogP contribution in [0.1, 0.15) is 21.8 Å². The summed E-state index contributed by atoms with van der Waals surface area (Å²) < 4.78 is 26.6. The second kappa shape index (κ2) is 8.29. The van der Waals surface area contributed by atoms with Crippen LogP contribution in [-0.4, -0.2) is 47.2 Å². The summed E-state index contributed by atoms with van der Waals surface area (Å²) in [6.07, 6.45) is 0. The van der Waals surface area contributed by atoms with E-state index in [1.54, 1.807) is 9.80 Å². The SMILES string of the molecule is O=C(Nc1ccc(F)cc1)N1C[C@@H]2[C@H](c3ccccc31)[C@@H](CO)N2C(=O)c1ccc(F)cc1. The molecule has 33 heavy (non-hydrogen) atoms. The van der Waals surface area contributed by atoms with Crippen molar-refractivity contribution in [2.75, 3.05) is 23.4 Å². The molecule has 168 valence electrons. The fourth-order valence-electron chi connectivity index (χ4n) is 4.82. The number of halogens is 2. The van der Waals surface area contributed by atoms with Gasteiger partial charge in [-0.2, -0.15) is 0 Å². The fraction of sp³-hybridized carbons (Fsp3) is 0.200. The zero-order valence-corrected chi connectivity index (χ0v) is 17.5. The highest BCUT2D eigenvalue weighted by Gasteiger charge is 2.55. The number of urea groups is 1. The molecule has 2 aliphatic rings. The van der Waals surface area contributed by atoms with Crippen LogP contribution in [0.4, 0.5) is 25.0 Å². The highest BCUT2D eigenvalue weighted by atomic mass is 19.1. The number of carbonyl (C=O) groups excluding carboxylic acids is 2. The maximum absolute atomic E-state index is 13.3. The number of amides is 3. The summed E-state index contributed by atoms with van der Waals surface area (Å²) in [7, 11) is 0. The van der Waals surface area contributed by atoms with Gasteiger partial charge in [0.25, 0.3) is 5.91 Å². The van der Waals surface area contributed by atoms with E-state index in [9.17, 15) is 23.5 Å². The third-order valence-electron chi connectivity index (χ3n) is 6.35. The molecule has 2 N–H and O–H groups in total. The number of benzene rings is 3. The number of anilines is 2. The van der Waals surface area contributed by atoms with Gasteiger partial charge in [-0.15, -0.1) is 0 Å². The van der Waals surface area contributed by atoms with E-state index in [1.807, 2.05) is 24.3 Å². The topological polar surface area (TPSA) is 72.9 Å². The van der Waals surface area contributed by atoms with Crippen molar-refractivity contribution < 1.29 is 23.5 Å². The van der Waals surface area contributed by atoms with Crippen LogP contribution >= 0.6 is 0 Å². The Labute approximate surface area is 189 Å². The van der Waals surface area contributed by atoms with Crippen LogP contribution in [-0.2, 0) is 0 Å². The third kappa shape index (κ3) is 3.62. The second-order valence-corrected chi connectivity index (χ2v) is 8.17. The lowest BCUT2D eigenvalue weighted by Crippen LogP contribution is -2.71. The summed E-state index contributed by atoms with van der Waals surface area (Å²) in [5, 5.41) is 12.8. The predicted molar refractivity (Wildman–Crippen MR) is 119 cm³/mol. The molecule has 0 aromatic heterocycles. The number of fused-ring (bicyclic) bond motifs is 3. The zero-order chi connectivity index (χ0) is 23.1. The van der Waals surface area contributed by atoms with Crippen LogP contribution < -0.4 is 10.2 Å². The number of nitrogens with one attached hydrogen (secondary N) is 1. The number of carbonyl (C=O) groups is 2. The highest BCUT2D eigenvalue weighted by molar-refractivity contribution is 6.03. The van der Waals surface area contributed by atoms with Gasteiger partial charge in [-0.3, -0.25) is 9.69 Å². The molecule has 0 spiro atoms. The van der Waals surface area contributed by atoms with Gasteiger partial charge in [-0.05, 0) is 60.2 Å². The Hall–Kier alpha value is -3.78. The van der Waals surface area contributed by atoms with Crippen molar-refractivity contribution in [1.29, 1.82) is 0 Å². The number of rotatable bonds is 3. The Morgan fingerprint density at radius 3 is 2.24 bits per heavy atom. The lowest BCUT2D eigenvalue weighted by atomic mass is 9.71. The predicted octanol–water partition coefficient (Wildman–Crippen LogP) is 3.99. The summed E-state index contributed by atoms with van der Waals surface area (Å²) in [6.45, 7) is -0.0116. The van der Waals surface area contributed by atoms with Crippen molar-refractivity contribution >= 4 is 23.3 Å². The third-order valence-corrected chi connectivity index (χ3v) is 6.35. The molecule has 1 fully saturated rings. The molecule has 0 aliphatic carbocycles. The van der Waals surface area contributed by atoms with E-state index in [0.717, 1.165) is 5.56 Å². The molecule has 3 amide bonds. The van der Waals surface area contributed by atoms with Crippen LogP contribution in [0.2, 0.25) is 0 Å². The molecule has 6 nitrogen and oxygen atoms in total. The molecule has 0 bridgehead atoms. The lowest BCUT2D eigenvalue weighted by molar-refractivity contribution is -0.0241. The number of para-hydroxylation sites is 1. The van der Waals surface area contributed by atoms with Crippen molar-refractivity contribution in [2.24, 2.45) is 0 Å². The smallest absolute Gasteiger partial charge is 0.326 e. The largest absolute Gasteiger partial charge is 0.394 e. The fourth-order valence-corrected chi connectivity index (χ4v) is 4.82. The van der Waals surface area contributed by atoms with E-state index in [0.29, 0.717) is 16.9 Å². The molecular formula is C25H21F2N3O3. The number of aliphatic hydroxyl groups is 1. The number of nitrogens with zero attached hydrogens (tertiary/aromatic N) is 2. The Morgan fingerprint density at radius 1 is 0.939 bits per heavy atom. The maximum atomic E-state index is 13.3. The summed E-state index contributed by atoms with van der Waals surface area (Å²) in [5.41, 5.74) is 2.33. The van der Waals surface area contributed by atoms with Gasteiger partial charge >= 0.3 is 6.03 Å². The van der Waals surface area contributed by atoms with E-state index in [1.165, 1.54) is 48.5 Å². The molecule has 0 radical (unpaired) electrons. The summed E-state index contributed by atoms with van der Waals surface area (Å²) in [4.78, 5) is 29.5. The molecule has 5 rings (SSSR count). The molecule has 0 unspecified atom stereocenters. The first-order valence-electron chi connectivity index (χ1n) is 10.6. The van der Waals surface area contributed by atoms with Gasteiger partial charge in [-0.25, -0.2) is 13.6 Å². The minimum absolute atomic E-state index is 0.134. The average molecular weight is 449 g/mol. The van der Waals surface area contributed by atoms with Gasteiger partial charge in [0.05, 0.1) is 18.7 Å². The van der Waals surface area contributed by atoms with E-state index in [-0.39, 0.29) is 31.0 Å². The maximum Gasteiger partial charge on any atom is 0.326 e.